The smallest absolute Gasteiger partial charge is 0.231 e. The summed E-state index contributed by atoms with van der Waals surface area (Å²) in [6.07, 6.45) is 2.23. The van der Waals surface area contributed by atoms with Gasteiger partial charge in [-0.2, -0.15) is 0 Å². The first-order valence-electron chi connectivity index (χ1n) is 7.32. The highest BCUT2D eigenvalue weighted by Gasteiger charge is 2.25. The van der Waals surface area contributed by atoms with Crippen LogP contribution >= 0.6 is 0 Å². The summed E-state index contributed by atoms with van der Waals surface area (Å²) in [5.41, 5.74) is 3.92. The molecule has 21 heavy (non-hydrogen) atoms. The second-order valence-corrected chi connectivity index (χ2v) is 5.60. The van der Waals surface area contributed by atoms with Gasteiger partial charge in [0.05, 0.1) is 12.1 Å². The zero-order valence-electron chi connectivity index (χ0n) is 12.2. The van der Waals surface area contributed by atoms with Gasteiger partial charge in [0, 0.05) is 6.54 Å². The Labute approximate surface area is 124 Å². The number of benzene rings is 2. The van der Waals surface area contributed by atoms with Crippen molar-refractivity contribution in [3.63, 3.8) is 0 Å². The minimum Gasteiger partial charge on any atom is -0.506 e. The van der Waals surface area contributed by atoms with Crippen LogP contribution in [0.5, 0.6) is 5.75 Å². The van der Waals surface area contributed by atoms with Crippen LogP contribution in [0.2, 0.25) is 0 Å². The number of amides is 1. The molecule has 0 saturated heterocycles. The molecule has 1 amide bonds. The van der Waals surface area contributed by atoms with E-state index in [-0.39, 0.29) is 11.7 Å². The molecule has 2 aromatic carbocycles. The molecule has 0 unspecified atom stereocenters. The number of carbonyl (C=O) groups excluding carboxylic acids is 1. The van der Waals surface area contributed by atoms with Gasteiger partial charge in [0.15, 0.2) is 0 Å². The maximum atomic E-state index is 12.6. The lowest BCUT2D eigenvalue weighted by atomic mass is 10.00. The summed E-state index contributed by atoms with van der Waals surface area (Å²) in [6.45, 7) is 2.70. The van der Waals surface area contributed by atoms with E-state index in [1.54, 1.807) is 11.0 Å². The molecule has 0 spiro atoms. The summed E-state index contributed by atoms with van der Waals surface area (Å²) in [5, 5.41) is 10.1. The largest absolute Gasteiger partial charge is 0.506 e. The van der Waals surface area contributed by atoms with Crippen LogP contribution in [0.4, 0.5) is 5.69 Å². The van der Waals surface area contributed by atoms with Gasteiger partial charge >= 0.3 is 0 Å². The third-order valence-corrected chi connectivity index (χ3v) is 3.93. The van der Waals surface area contributed by atoms with Crippen molar-refractivity contribution in [2.45, 2.75) is 26.2 Å². The molecule has 0 fully saturated rings. The fourth-order valence-corrected chi connectivity index (χ4v) is 2.97. The first-order chi connectivity index (χ1) is 10.1. The van der Waals surface area contributed by atoms with E-state index in [4.69, 9.17) is 0 Å². The number of phenolic OH excluding ortho intramolecular Hbond substituents is 1. The topological polar surface area (TPSA) is 40.5 Å². The molecule has 3 heteroatoms. The predicted molar refractivity (Wildman–Crippen MR) is 83.7 cm³/mol. The van der Waals surface area contributed by atoms with E-state index in [0.29, 0.717) is 18.7 Å². The van der Waals surface area contributed by atoms with Crippen molar-refractivity contribution in [1.82, 2.24) is 0 Å². The van der Waals surface area contributed by atoms with Crippen LogP contribution < -0.4 is 4.90 Å². The Morgan fingerprint density at radius 3 is 2.86 bits per heavy atom. The summed E-state index contributed by atoms with van der Waals surface area (Å²) >= 11 is 0. The molecule has 1 aliphatic rings. The van der Waals surface area contributed by atoms with Gasteiger partial charge in [0.1, 0.15) is 5.75 Å². The van der Waals surface area contributed by atoms with Gasteiger partial charge in [-0.3, -0.25) is 4.79 Å². The Hall–Kier alpha value is -2.29. The Kier molecular flexibility index (Phi) is 3.65. The average Bonchev–Trinajstić information content (AvgIpc) is 2.47. The van der Waals surface area contributed by atoms with Crippen molar-refractivity contribution < 1.29 is 9.90 Å². The number of anilines is 1. The van der Waals surface area contributed by atoms with E-state index in [1.165, 1.54) is 0 Å². The molecule has 108 valence electrons. The summed E-state index contributed by atoms with van der Waals surface area (Å²) in [4.78, 5) is 14.3. The summed E-state index contributed by atoms with van der Waals surface area (Å²) < 4.78 is 0. The molecule has 3 rings (SSSR count). The first-order valence-corrected chi connectivity index (χ1v) is 7.32. The number of rotatable bonds is 2. The highest BCUT2D eigenvalue weighted by atomic mass is 16.3. The molecule has 1 aliphatic heterocycles. The lowest BCUT2D eigenvalue weighted by Crippen LogP contribution is -2.36. The lowest BCUT2D eigenvalue weighted by molar-refractivity contribution is -0.118. The van der Waals surface area contributed by atoms with E-state index in [2.05, 4.69) is 0 Å². The molecule has 0 saturated carbocycles. The number of aryl methyl sites for hydroxylation is 2. The normalized spacial score (nSPS) is 13.9. The number of fused-ring (bicyclic) bond motifs is 1. The molecule has 0 atom stereocenters. The van der Waals surface area contributed by atoms with Crippen molar-refractivity contribution >= 4 is 11.6 Å². The molecule has 0 radical (unpaired) electrons. The molecule has 2 aromatic rings. The number of phenols is 1. The lowest BCUT2D eigenvalue weighted by Gasteiger charge is -2.30. The zero-order valence-corrected chi connectivity index (χ0v) is 12.2. The number of para-hydroxylation sites is 1. The highest BCUT2D eigenvalue weighted by molar-refractivity contribution is 5.97. The standard InChI is InChI=1S/C18H19NO2/c1-13-5-2-6-14(11-13)12-17(21)19-10-4-8-15-7-3-9-16(20)18(15)19/h2-3,5-7,9,11,20H,4,8,10,12H2,1H3. The molecule has 3 nitrogen and oxygen atoms in total. The van der Waals surface area contributed by atoms with Gasteiger partial charge in [0.25, 0.3) is 0 Å². The molecule has 0 aromatic heterocycles. The fraction of sp³-hybridized carbons (Fsp3) is 0.278. The van der Waals surface area contributed by atoms with E-state index >= 15 is 0 Å². The van der Waals surface area contributed by atoms with Crippen LogP contribution in [0.25, 0.3) is 0 Å². The van der Waals surface area contributed by atoms with Gasteiger partial charge in [0.2, 0.25) is 5.91 Å². The SMILES string of the molecule is Cc1cccc(CC(=O)N2CCCc3cccc(O)c32)c1. The van der Waals surface area contributed by atoms with Crippen LogP contribution in [-0.2, 0) is 17.6 Å². The molecular weight excluding hydrogens is 262 g/mol. The monoisotopic (exact) mass is 281 g/mol. The molecule has 1 N–H and O–H groups in total. The molecule has 0 bridgehead atoms. The van der Waals surface area contributed by atoms with Crippen LogP contribution in [0.1, 0.15) is 23.1 Å². The van der Waals surface area contributed by atoms with Crippen LogP contribution in [0.15, 0.2) is 42.5 Å². The molecular formula is C18H19NO2. The number of carbonyl (C=O) groups is 1. The van der Waals surface area contributed by atoms with Crippen LogP contribution in [-0.4, -0.2) is 17.6 Å². The minimum atomic E-state index is 0.0445. The van der Waals surface area contributed by atoms with Crippen molar-refractivity contribution in [3.05, 3.63) is 59.2 Å². The van der Waals surface area contributed by atoms with Gasteiger partial charge in [-0.15, -0.1) is 0 Å². The highest BCUT2D eigenvalue weighted by Crippen LogP contribution is 2.35. The van der Waals surface area contributed by atoms with Crippen molar-refractivity contribution in [2.75, 3.05) is 11.4 Å². The van der Waals surface area contributed by atoms with Gasteiger partial charge in [-0.05, 0) is 37.0 Å². The fourth-order valence-electron chi connectivity index (χ4n) is 2.97. The van der Waals surface area contributed by atoms with Gasteiger partial charge in [-0.25, -0.2) is 0 Å². The number of hydrogen-bond acceptors (Lipinski definition) is 2. The van der Waals surface area contributed by atoms with Crippen molar-refractivity contribution in [3.8, 4) is 5.75 Å². The summed E-state index contributed by atoms with van der Waals surface area (Å²) in [6, 6.07) is 13.5. The Balaban J connectivity index is 1.87. The Morgan fingerprint density at radius 2 is 2.05 bits per heavy atom. The average molecular weight is 281 g/mol. The maximum absolute atomic E-state index is 12.6. The van der Waals surface area contributed by atoms with E-state index in [1.807, 2.05) is 43.3 Å². The van der Waals surface area contributed by atoms with Crippen LogP contribution in [0.3, 0.4) is 0 Å². The molecule has 1 heterocycles. The second-order valence-electron chi connectivity index (χ2n) is 5.60. The van der Waals surface area contributed by atoms with Gasteiger partial charge < -0.3 is 10.0 Å². The quantitative estimate of drug-likeness (QED) is 0.918. The summed E-state index contributed by atoms with van der Waals surface area (Å²) in [5.74, 6) is 0.243. The predicted octanol–water partition coefficient (Wildman–Crippen LogP) is 3.22. The minimum absolute atomic E-state index is 0.0445. The second kappa shape index (κ2) is 5.60. The zero-order chi connectivity index (χ0) is 14.8. The third-order valence-electron chi connectivity index (χ3n) is 3.93. The summed E-state index contributed by atoms with van der Waals surface area (Å²) in [7, 11) is 0. The van der Waals surface area contributed by atoms with E-state index in [0.717, 1.165) is 29.5 Å². The number of aromatic hydroxyl groups is 1. The van der Waals surface area contributed by atoms with Crippen molar-refractivity contribution in [2.24, 2.45) is 0 Å². The Bertz CT molecular complexity index is 679. The maximum Gasteiger partial charge on any atom is 0.231 e. The van der Waals surface area contributed by atoms with Crippen LogP contribution in [0, 0.1) is 6.92 Å². The van der Waals surface area contributed by atoms with E-state index < -0.39 is 0 Å². The number of nitrogens with zero attached hydrogens (tertiary/aromatic N) is 1. The van der Waals surface area contributed by atoms with Crippen molar-refractivity contribution in [1.29, 1.82) is 0 Å². The number of hydrogen-bond donors (Lipinski definition) is 1. The Morgan fingerprint density at radius 1 is 1.24 bits per heavy atom. The first kappa shape index (κ1) is 13.7. The molecule has 0 aliphatic carbocycles. The van der Waals surface area contributed by atoms with E-state index in [9.17, 15) is 9.90 Å². The third kappa shape index (κ3) is 2.77. The van der Waals surface area contributed by atoms with Gasteiger partial charge in [-0.1, -0.05) is 42.0 Å².